The molecule has 0 saturated heterocycles. The summed E-state index contributed by atoms with van der Waals surface area (Å²) in [6, 6.07) is 5.38. The van der Waals surface area contributed by atoms with E-state index < -0.39 is 0 Å². The van der Waals surface area contributed by atoms with Crippen LogP contribution in [0, 0.1) is 0 Å². The summed E-state index contributed by atoms with van der Waals surface area (Å²) < 4.78 is 11.8. The van der Waals surface area contributed by atoms with Crippen molar-refractivity contribution in [2.24, 2.45) is 0 Å². The molecule has 1 atom stereocenters. The number of carbonyl (C=O) groups is 1. The van der Waals surface area contributed by atoms with Gasteiger partial charge in [-0.2, -0.15) is 0 Å². The minimum Gasteiger partial charge on any atom is -0.486 e. The van der Waals surface area contributed by atoms with Crippen molar-refractivity contribution in [2.45, 2.75) is 23.4 Å². The van der Waals surface area contributed by atoms with E-state index in [0.29, 0.717) is 30.4 Å². The first-order valence-corrected chi connectivity index (χ1v) is 9.30. The van der Waals surface area contributed by atoms with E-state index in [1.165, 1.54) is 23.1 Å². The molecule has 2 heterocycles. The predicted molar refractivity (Wildman–Crippen MR) is 95.5 cm³/mol. The molecule has 0 spiro atoms. The van der Waals surface area contributed by atoms with Gasteiger partial charge in [0.25, 0.3) is 0 Å². The van der Waals surface area contributed by atoms with Gasteiger partial charge in [-0.1, -0.05) is 23.1 Å². The van der Waals surface area contributed by atoms with Crippen molar-refractivity contribution in [3.8, 4) is 11.5 Å². The molecule has 1 aromatic heterocycles. The first-order valence-electron chi connectivity index (χ1n) is 7.60. The topological polar surface area (TPSA) is 85.4 Å². The highest BCUT2D eigenvalue weighted by Gasteiger charge is 2.19. The lowest BCUT2D eigenvalue weighted by Gasteiger charge is -2.19. The van der Waals surface area contributed by atoms with Gasteiger partial charge in [0.05, 0.1) is 5.25 Å². The number of nitrogens with zero attached hydrogens (tertiary/aromatic N) is 2. The van der Waals surface area contributed by atoms with Gasteiger partial charge >= 0.3 is 0 Å². The number of aromatic nitrogens is 2. The molecule has 1 aliphatic rings. The fourth-order valence-electron chi connectivity index (χ4n) is 2.05. The average Bonchev–Trinajstić information content (AvgIpc) is 3.02. The summed E-state index contributed by atoms with van der Waals surface area (Å²) in [6.07, 6.45) is 0. The maximum absolute atomic E-state index is 12.4. The Morgan fingerprint density at radius 3 is 2.92 bits per heavy atom. The highest BCUT2D eigenvalue weighted by molar-refractivity contribution is 8.02. The number of hydrogen-bond donors (Lipinski definition) is 2. The molecule has 2 aromatic rings. The minimum absolute atomic E-state index is 0.100. The molecule has 7 nitrogen and oxygen atoms in total. The lowest BCUT2D eigenvalue weighted by atomic mass is 10.2. The van der Waals surface area contributed by atoms with Crippen molar-refractivity contribution in [1.82, 2.24) is 10.2 Å². The van der Waals surface area contributed by atoms with Gasteiger partial charge in [-0.15, -0.1) is 10.2 Å². The van der Waals surface area contributed by atoms with Crippen LogP contribution in [0.4, 0.5) is 10.8 Å². The van der Waals surface area contributed by atoms with Crippen molar-refractivity contribution in [2.75, 3.05) is 30.4 Å². The molecule has 0 bridgehead atoms. The van der Waals surface area contributed by atoms with Gasteiger partial charge in [0.1, 0.15) is 13.2 Å². The number of ether oxygens (including phenoxy) is 2. The monoisotopic (exact) mass is 366 g/mol. The Morgan fingerprint density at radius 1 is 1.33 bits per heavy atom. The van der Waals surface area contributed by atoms with Crippen LogP contribution in [0.2, 0.25) is 0 Å². The number of hydrogen-bond acceptors (Lipinski definition) is 8. The van der Waals surface area contributed by atoms with Crippen LogP contribution in [0.15, 0.2) is 22.5 Å². The van der Waals surface area contributed by atoms with Crippen LogP contribution >= 0.6 is 23.1 Å². The number of anilines is 2. The first kappa shape index (κ1) is 16.8. The molecule has 0 radical (unpaired) electrons. The maximum Gasteiger partial charge on any atom is 0.237 e. The normalized spacial score (nSPS) is 14.1. The quantitative estimate of drug-likeness (QED) is 0.760. The maximum atomic E-state index is 12.4. The molecule has 0 saturated carbocycles. The standard InChI is InChI=1S/C15H18N4O3S2/c1-3-16-14-18-19-15(24-14)23-9(2)13(20)17-10-4-5-11-12(8-10)22-7-6-21-11/h4-5,8-9H,3,6-7H2,1-2H3,(H,16,18)(H,17,20)/t9-/m1/s1. The average molecular weight is 366 g/mol. The highest BCUT2D eigenvalue weighted by Crippen LogP contribution is 2.33. The van der Waals surface area contributed by atoms with Gasteiger partial charge < -0.3 is 20.1 Å². The van der Waals surface area contributed by atoms with Gasteiger partial charge in [-0.25, -0.2) is 0 Å². The molecule has 1 aromatic carbocycles. The van der Waals surface area contributed by atoms with Crippen molar-refractivity contribution in [3.63, 3.8) is 0 Å². The third kappa shape index (κ3) is 4.09. The number of thioether (sulfide) groups is 1. The summed E-state index contributed by atoms with van der Waals surface area (Å²) in [7, 11) is 0. The van der Waals surface area contributed by atoms with E-state index >= 15 is 0 Å². The van der Waals surface area contributed by atoms with Gasteiger partial charge in [-0.3, -0.25) is 4.79 Å². The van der Waals surface area contributed by atoms with E-state index in [1.54, 1.807) is 18.2 Å². The zero-order valence-corrected chi connectivity index (χ0v) is 15.0. The smallest absolute Gasteiger partial charge is 0.237 e. The van der Waals surface area contributed by atoms with Crippen LogP contribution in [0.1, 0.15) is 13.8 Å². The number of fused-ring (bicyclic) bond motifs is 1. The molecule has 24 heavy (non-hydrogen) atoms. The molecule has 0 unspecified atom stereocenters. The molecule has 9 heteroatoms. The van der Waals surface area contributed by atoms with Gasteiger partial charge in [0, 0.05) is 18.3 Å². The van der Waals surface area contributed by atoms with Crippen LogP contribution in [0.5, 0.6) is 11.5 Å². The first-order chi connectivity index (χ1) is 11.7. The van der Waals surface area contributed by atoms with Crippen molar-refractivity contribution < 1.29 is 14.3 Å². The Balaban J connectivity index is 1.59. The van der Waals surface area contributed by atoms with E-state index in [1.807, 2.05) is 13.8 Å². The summed E-state index contributed by atoms with van der Waals surface area (Å²) in [5, 5.41) is 14.6. The van der Waals surface area contributed by atoms with Crippen molar-refractivity contribution >= 4 is 39.8 Å². The second kappa shape index (κ2) is 7.71. The van der Waals surface area contributed by atoms with Crippen LogP contribution in [0.25, 0.3) is 0 Å². The number of rotatable bonds is 6. The van der Waals surface area contributed by atoms with E-state index in [9.17, 15) is 4.79 Å². The number of amides is 1. The fourth-order valence-corrected chi connectivity index (χ4v) is 4.01. The zero-order valence-electron chi connectivity index (χ0n) is 13.4. The second-order valence-corrected chi connectivity index (χ2v) is 7.58. The van der Waals surface area contributed by atoms with Gasteiger partial charge in [-0.05, 0) is 26.0 Å². The number of benzene rings is 1. The predicted octanol–water partition coefficient (Wildman–Crippen LogP) is 2.86. The molecule has 0 aliphatic carbocycles. The van der Waals surface area contributed by atoms with E-state index in [0.717, 1.165) is 16.0 Å². The van der Waals surface area contributed by atoms with Crippen molar-refractivity contribution in [3.05, 3.63) is 18.2 Å². The minimum atomic E-state index is -0.291. The molecule has 1 aliphatic heterocycles. The lowest BCUT2D eigenvalue weighted by molar-refractivity contribution is -0.115. The van der Waals surface area contributed by atoms with E-state index in [-0.39, 0.29) is 11.2 Å². The molecule has 0 fully saturated rings. The SMILES string of the molecule is CCNc1nnc(S[C@H](C)C(=O)Nc2ccc3c(c2)OCCO3)s1. The summed E-state index contributed by atoms with van der Waals surface area (Å²) in [6.45, 7) is 5.69. The molecular weight excluding hydrogens is 348 g/mol. The number of nitrogens with one attached hydrogen (secondary N) is 2. The molecule has 1 amide bonds. The molecule has 2 N–H and O–H groups in total. The van der Waals surface area contributed by atoms with Crippen LogP contribution < -0.4 is 20.1 Å². The highest BCUT2D eigenvalue weighted by atomic mass is 32.2. The molecular formula is C15H18N4O3S2. The van der Waals surface area contributed by atoms with E-state index in [4.69, 9.17) is 9.47 Å². The third-order valence-electron chi connectivity index (χ3n) is 3.19. The Hall–Kier alpha value is -2.00. The van der Waals surface area contributed by atoms with Crippen LogP contribution in [0.3, 0.4) is 0 Å². The number of carbonyl (C=O) groups excluding carboxylic acids is 1. The Kier molecular flexibility index (Phi) is 5.41. The van der Waals surface area contributed by atoms with Gasteiger partial charge in [0.15, 0.2) is 15.8 Å². The Bertz CT molecular complexity index is 722. The summed E-state index contributed by atoms with van der Waals surface area (Å²) in [5.74, 6) is 1.25. The molecule has 128 valence electrons. The van der Waals surface area contributed by atoms with Crippen molar-refractivity contribution in [1.29, 1.82) is 0 Å². The van der Waals surface area contributed by atoms with Gasteiger partial charge in [0.2, 0.25) is 11.0 Å². The van der Waals surface area contributed by atoms with E-state index in [2.05, 4.69) is 20.8 Å². The summed E-state index contributed by atoms with van der Waals surface area (Å²) in [4.78, 5) is 12.4. The fraction of sp³-hybridized carbons (Fsp3) is 0.400. The second-order valence-electron chi connectivity index (χ2n) is 5.01. The Morgan fingerprint density at radius 2 is 2.12 bits per heavy atom. The largest absolute Gasteiger partial charge is 0.486 e. The zero-order chi connectivity index (χ0) is 16.9. The summed E-state index contributed by atoms with van der Waals surface area (Å²) >= 11 is 2.82. The Labute approximate surface area is 148 Å². The summed E-state index contributed by atoms with van der Waals surface area (Å²) in [5.41, 5.74) is 0.683. The van der Waals surface area contributed by atoms with Crippen LogP contribution in [-0.4, -0.2) is 41.1 Å². The molecule has 3 rings (SSSR count). The third-order valence-corrected chi connectivity index (χ3v) is 5.26. The van der Waals surface area contributed by atoms with Crippen LogP contribution in [-0.2, 0) is 4.79 Å². The lowest BCUT2D eigenvalue weighted by Crippen LogP contribution is -2.22.